The molecule has 0 heterocycles. The Morgan fingerprint density at radius 2 is 2.00 bits per heavy atom. The summed E-state index contributed by atoms with van der Waals surface area (Å²) in [4.78, 5) is 22.0. The minimum absolute atomic E-state index is 0.0289. The molecule has 0 aromatic carbocycles. The van der Waals surface area contributed by atoms with Crippen molar-refractivity contribution in [3.63, 3.8) is 0 Å². The summed E-state index contributed by atoms with van der Waals surface area (Å²) in [6.07, 6.45) is 1.23. The zero-order chi connectivity index (χ0) is 11.0. The normalized spacial score (nSPS) is 11.9. The summed E-state index contributed by atoms with van der Waals surface area (Å²) >= 11 is 3.80. The first kappa shape index (κ1) is 13.3. The van der Waals surface area contributed by atoms with E-state index in [9.17, 15) is 9.59 Å². The largest absolute Gasteiger partial charge is 0.355 e. The minimum Gasteiger partial charge on any atom is -0.355 e. The number of carbonyl (C=O) groups excluding carboxylic acids is 2. The van der Waals surface area contributed by atoms with E-state index >= 15 is 0 Å². The number of amides is 2. The fourth-order valence-corrected chi connectivity index (χ4v) is 0.932. The van der Waals surface area contributed by atoms with Gasteiger partial charge in [0.1, 0.15) is 0 Å². The van der Waals surface area contributed by atoms with Gasteiger partial charge in [0.25, 0.3) is 0 Å². The van der Waals surface area contributed by atoms with Crippen molar-refractivity contribution in [1.82, 2.24) is 10.6 Å². The van der Waals surface area contributed by atoms with Gasteiger partial charge in [-0.1, -0.05) is 6.92 Å². The molecule has 0 aliphatic heterocycles. The molecule has 0 aromatic rings. The van der Waals surface area contributed by atoms with Crippen molar-refractivity contribution in [2.45, 2.75) is 32.7 Å². The Balaban J connectivity index is 3.49. The highest BCUT2D eigenvalue weighted by atomic mass is 32.1. The number of rotatable bonds is 6. The van der Waals surface area contributed by atoms with Gasteiger partial charge >= 0.3 is 0 Å². The smallest absolute Gasteiger partial charge is 0.229 e. The van der Waals surface area contributed by atoms with Gasteiger partial charge in [0, 0.05) is 19.0 Å². The Kier molecular flexibility index (Phi) is 7.28. The summed E-state index contributed by atoms with van der Waals surface area (Å²) in [6.45, 7) is 4.33. The zero-order valence-corrected chi connectivity index (χ0v) is 9.56. The molecule has 0 bridgehead atoms. The third-order valence-electron chi connectivity index (χ3n) is 1.84. The summed E-state index contributed by atoms with van der Waals surface area (Å²) in [5, 5.41) is 5.39. The molecule has 2 amide bonds. The van der Waals surface area contributed by atoms with E-state index in [4.69, 9.17) is 0 Å². The molecule has 82 valence electrons. The molecule has 0 saturated heterocycles. The van der Waals surface area contributed by atoms with E-state index in [2.05, 4.69) is 23.3 Å². The lowest BCUT2D eigenvalue weighted by atomic mass is 10.2. The lowest BCUT2D eigenvalue weighted by Gasteiger charge is -2.11. The van der Waals surface area contributed by atoms with E-state index in [1.807, 2.05) is 13.8 Å². The van der Waals surface area contributed by atoms with Crippen molar-refractivity contribution in [2.24, 2.45) is 0 Å². The molecule has 0 spiro atoms. The third kappa shape index (κ3) is 6.77. The van der Waals surface area contributed by atoms with Crippen molar-refractivity contribution in [2.75, 3.05) is 12.3 Å². The first-order chi connectivity index (χ1) is 6.60. The number of thiol groups is 1. The van der Waals surface area contributed by atoms with Crippen molar-refractivity contribution in [3.05, 3.63) is 0 Å². The highest BCUT2D eigenvalue weighted by Crippen LogP contribution is 1.89. The molecular formula is C9H18N2O2S. The molecule has 0 radical (unpaired) electrons. The summed E-state index contributed by atoms with van der Waals surface area (Å²) in [5.74, 6) is -0.0176. The monoisotopic (exact) mass is 218 g/mol. The van der Waals surface area contributed by atoms with Crippen LogP contribution in [0.25, 0.3) is 0 Å². The maximum atomic E-state index is 11.2. The van der Waals surface area contributed by atoms with Crippen LogP contribution in [0.1, 0.15) is 26.7 Å². The second kappa shape index (κ2) is 7.67. The molecular weight excluding hydrogens is 200 g/mol. The fourth-order valence-electron chi connectivity index (χ4n) is 0.820. The van der Waals surface area contributed by atoms with Gasteiger partial charge in [-0.2, -0.15) is 12.6 Å². The SMILES string of the molecule is CCC(C)NC(=O)CCNC(=O)CS. The average Bonchev–Trinajstić information content (AvgIpc) is 2.17. The predicted octanol–water partition coefficient (Wildman–Crippen LogP) is 0.337. The van der Waals surface area contributed by atoms with Gasteiger partial charge in [0.05, 0.1) is 5.75 Å². The maximum absolute atomic E-state index is 11.2. The van der Waals surface area contributed by atoms with Crippen molar-refractivity contribution in [3.8, 4) is 0 Å². The van der Waals surface area contributed by atoms with E-state index in [0.29, 0.717) is 13.0 Å². The van der Waals surface area contributed by atoms with E-state index in [1.54, 1.807) is 0 Å². The van der Waals surface area contributed by atoms with Crippen LogP contribution in [0.2, 0.25) is 0 Å². The van der Waals surface area contributed by atoms with Crippen molar-refractivity contribution in [1.29, 1.82) is 0 Å². The Morgan fingerprint density at radius 1 is 1.36 bits per heavy atom. The molecule has 0 aliphatic rings. The molecule has 4 nitrogen and oxygen atoms in total. The molecule has 0 aliphatic carbocycles. The van der Waals surface area contributed by atoms with E-state index < -0.39 is 0 Å². The lowest BCUT2D eigenvalue weighted by molar-refractivity contribution is -0.122. The number of hydrogen-bond donors (Lipinski definition) is 3. The predicted molar refractivity (Wildman–Crippen MR) is 59.4 cm³/mol. The first-order valence-corrected chi connectivity index (χ1v) is 5.40. The van der Waals surface area contributed by atoms with Crippen LogP contribution in [0.15, 0.2) is 0 Å². The van der Waals surface area contributed by atoms with Gasteiger partial charge < -0.3 is 10.6 Å². The Labute approximate surface area is 90.2 Å². The number of nitrogens with one attached hydrogen (secondary N) is 2. The quantitative estimate of drug-likeness (QED) is 0.563. The molecule has 0 aromatic heterocycles. The van der Waals surface area contributed by atoms with Gasteiger partial charge in [-0.25, -0.2) is 0 Å². The third-order valence-corrected chi connectivity index (χ3v) is 2.12. The molecule has 5 heteroatoms. The molecule has 1 atom stereocenters. The second-order valence-electron chi connectivity index (χ2n) is 3.13. The summed E-state index contributed by atoms with van der Waals surface area (Å²) in [5.41, 5.74) is 0. The van der Waals surface area contributed by atoms with Crippen LogP contribution in [0.5, 0.6) is 0 Å². The fraction of sp³-hybridized carbons (Fsp3) is 0.778. The Hall–Kier alpha value is -0.710. The molecule has 0 rings (SSSR count). The average molecular weight is 218 g/mol. The van der Waals surface area contributed by atoms with Gasteiger partial charge in [0.15, 0.2) is 0 Å². The lowest BCUT2D eigenvalue weighted by Crippen LogP contribution is -2.35. The van der Waals surface area contributed by atoms with Gasteiger partial charge in [-0.3, -0.25) is 9.59 Å². The van der Waals surface area contributed by atoms with E-state index in [-0.39, 0.29) is 23.6 Å². The number of hydrogen-bond acceptors (Lipinski definition) is 3. The Morgan fingerprint density at radius 3 is 2.50 bits per heavy atom. The number of carbonyl (C=O) groups is 2. The Bertz CT molecular complexity index is 197. The van der Waals surface area contributed by atoms with E-state index in [1.165, 1.54) is 0 Å². The van der Waals surface area contributed by atoms with Crippen LogP contribution >= 0.6 is 12.6 Å². The summed E-state index contributed by atoms with van der Waals surface area (Å²) in [7, 11) is 0. The van der Waals surface area contributed by atoms with Crippen molar-refractivity contribution < 1.29 is 9.59 Å². The van der Waals surface area contributed by atoms with Crippen LogP contribution in [0, 0.1) is 0 Å². The van der Waals surface area contributed by atoms with E-state index in [0.717, 1.165) is 6.42 Å². The summed E-state index contributed by atoms with van der Waals surface area (Å²) in [6, 6.07) is 0.197. The highest BCUT2D eigenvalue weighted by Gasteiger charge is 2.05. The molecule has 2 N–H and O–H groups in total. The highest BCUT2D eigenvalue weighted by molar-refractivity contribution is 7.81. The van der Waals surface area contributed by atoms with Crippen LogP contribution in [0.3, 0.4) is 0 Å². The van der Waals surface area contributed by atoms with Gasteiger partial charge in [-0.05, 0) is 13.3 Å². The van der Waals surface area contributed by atoms with Crippen LogP contribution in [0.4, 0.5) is 0 Å². The van der Waals surface area contributed by atoms with Gasteiger partial charge in [-0.15, -0.1) is 0 Å². The van der Waals surface area contributed by atoms with Crippen LogP contribution < -0.4 is 10.6 Å². The topological polar surface area (TPSA) is 58.2 Å². The second-order valence-corrected chi connectivity index (χ2v) is 3.45. The standard InChI is InChI=1S/C9H18N2O2S/c1-3-7(2)11-8(12)4-5-10-9(13)6-14/h7,14H,3-6H2,1-2H3,(H,10,13)(H,11,12). The van der Waals surface area contributed by atoms with Crippen LogP contribution in [-0.4, -0.2) is 30.2 Å². The molecule has 0 fully saturated rings. The maximum Gasteiger partial charge on any atom is 0.229 e. The molecule has 1 unspecified atom stereocenters. The summed E-state index contributed by atoms with van der Waals surface area (Å²) < 4.78 is 0. The van der Waals surface area contributed by atoms with Crippen LogP contribution in [-0.2, 0) is 9.59 Å². The van der Waals surface area contributed by atoms with Crippen molar-refractivity contribution >= 4 is 24.4 Å². The van der Waals surface area contributed by atoms with Gasteiger partial charge in [0.2, 0.25) is 11.8 Å². The zero-order valence-electron chi connectivity index (χ0n) is 8.67. The molecule has 0 saturated carbocycles. The first-order valence-electron chi connectivity index (χ1n) is 4.77. The minimum atomic E-state index is -0.148. The molecule has 14 heavy (non-hydrogen) atoms.